The molecule has 0 saturated carbocycles. The van der Waals surface area contributed by atoms with Gasteiger partial charge in [-0.1, -0.05) is 13.0 Å². The molecule has 0 bridgehead atoms. The van der Waals surface area contributed by atoms with Crippen molar-refractivity contribution in [2.75, 3.05) is 32.8 Å². The van der Waals surface area contributed by atoms with E-state index in [1.54, 1.807) is 0 Å². The second kappa shape index (κ2) is 7.41. The average molecular weight is 226 g/mol. The Morgan fingerprint density at radius 3 is 2.75 bits per heavy atom. The van der Waals surface area contributed by atoms with Crippen LogP contribution in [0.1, 0.15) is 20.3 Å². The summed E-state index contributed by atoms with van der Waals surface area (Å²) in [7, 11) is 0. The summed E-state index contributed by atoms with van der Waals surface area (Å²) in [4.78, 5) is 13.5. The number of rotatable bonds is 7. The Labute approximate surface area is 97.6 Å². The standard InChI is InChI=1S/C12H22N2O2/c1-3-7-14(11-9-13-10-11)8-5-6-12(15)16-4-2/h5-6,11,13H,3-4,7-10H2,1-2H3/b6-5+. The number of nitrogens with zero attached hydrogens (tertiary/aromatic N) is 1. The molecule has 1 fully saturated rings. The Morgan fingerprint density at radius 2 is 2.25 bits per heavy atom. The fourth-order valence-electron chi connectivity index (χ4n) is 1.72. The SMILES string of the molecule is CCCN(C/C=C/C(=O)OCC)C1CNC1. The molecule has 0 aliphatic carbocycles. The Bertz CT molecular complexity index is 237. The highest BCUT2D eigenvalue weighted by Crippen LogP contribution is 2.05. The maximum atomic E-state index is 11.1. The third-order valence-electron chi connectivity index (χ3n) is 2.67. The molecule has 0 unspecified atom stereocenters. The second-order valence-electron chi connectivity index (χ2n) is 3.96. The highest BCUT2D eigenvalue weighted by Gasteiger charge is 2.22. The van der Waals surface area contributed by atoms with E-state index in [-0.39, 0.29) is 5.97 Å². The number of hydrogen-bond acceptors (Lipinski definition) is 4. The van der Waals surface area contributed by atoms with Crippen molar-refractivity contribution in [1.82, 2.24) is 10.2 Å². The van der Waals surface area contributed by atoms with Gasteiger partial charge in [-0.05, 0) is 19.9 Å². The van der Waals surface area contributed by atoms with Crippen LogP contribution in [0.3, 0.4) is 0 Å². The molecule has 92 valence electrons. The Morgan fingerprint density at radius 1 is 1.50 bits per heavy atom. The largest absolute Gasteiger partial charge is 0.463 e. The van der Waals surface area contributed by atoms with E-state index in [1.807, 2.05) is 13.0 Å². The van der Waals surface area contributed by atoms with E-state index >= 15 is 0 Å². The predicted octanol–water partition coefficient (Wildman–Crippen LogP) is 0.790. The molecule has 1 aliphatic heterocycles. The summed E-state index contributed by atoms with van der Waals surface area (Å²) < 4.78 is 4.83. The highest BCUT2D eigenvalue weighted by atomic mass is 16.5. The smallest absolute Gasteiger partial charge is 0.330 e. The molecule has 0 atom stereocenters. The van der Waals surface area contributed by atoms with Crippen molar-refractivity contribution in [2.24, 2.45) is 0 Å². The molecular weight excluding hydrogens is 204 g/mol. The lowest BCUT2D eigenvalue weighted by Crippen LogP contribution is -2.57. The van der Waals surface area contributed by atoms with Crippen molar-refractivity contribution in [3.05, 3.63) is 12.2 Å². The van der Waals surface area contributed by atoms with Crippen LogP contribution in [0, 0.1) is 0 Å². The molecule has 4 heteroatoms. The molecule has 0 aromatic rings. The lowest BCUT2D eigenvalue weighted by atomic mass is 10.1. The van der Waals surface area contributed by atoms with Crippen LogP contribution in [0.25, 0.3) is 0 Å². The maximum Gasteiger partial charge on any atom is 0.330 e. The summed E-state index contributed by atoms with van der Waals surface area (Å²) in [5, 5.41) is 3.26. The van der Waals surface area contributed by atoms with Gasteiger partial charge >= 0.3 is 5.97 Å². The third-order valence-corrected chi connectivity index (χ3v) is 2.67. The first-order valence-corrected chi connectivity index (χ1v) is 6.06. The first kappa shape index (κ1) is 13.2. The summed E-state index contributed by atoms with van der Waals surface area (Å²) in [5.74, 6) is -0.245. The number of hydrogen-bond donors (Lipinski definition) is 1. The van der Waals surface area contributed by atoms with Crippen LogP contribution in [0.2, 0.25) is 0 Å². The molecule has 0 spiro atoms. The summed E-state index contributed by atoms with van der Waals surface area (Å²) in [6.45, 7) is 8.47. The fourth-order valence-corrected chi connectivity index (χ4v) is 1.72. The predicted molar refractivity (Wildman–Crippen MR) is 64.3 cm³/mol. The summed E-state index contributed by atoms with van der Waals surface area (Å²) in [6, 6.07) is 0.631. The molecule has 4 nitrogen and oxygen atoms in total. The zero-order valence-electron chi connectivity index (χ0n) is 10.2. The van der Waals surface area contributed by atoms with Gasteiger partial charge in [-0.15, -0.1) is 0 Å². The monoisotopic (exact) mass is 226 g/mol. The molecule has 1 aliphatic rings. The molecule has 1 rings (SSSR count). The maximum absolute atomic E-state index is 11.1. The number of nitrogens with one attached hydrogen (secondary N) is 1. The minimum absolute atomic E-state index is 0.245. The van der Waals surface area contributed by atoms with Crippen LogP contribution in [-0.2, 0) is 9.53 Å². The van der Waals surface area contributed by atoms with Gasteiger partial charge < -0.3 is 10.1 Å². The Hall–Kier alpha value is -0.870. The van der Waals surface area contributed by atoms with E-state index < -0.39 is 0 Å². The van der Waals surface area contributed by atoms with Crippen molar-refractivity contribution >= 4 is 5.97 Å². The van der Waals surface area contributed by atoms with Crippen LogP contribution in [0.4, 0.5) is 0 Å². The minimum Gasteiger partial charge on any atom is -0.463 e. The lowest BCUT2D eigenvalue weighted by molar-refractivity contribution is -0.137. The second-order valence-corrected chi connectivity index (χ2v) is 3.96. The van der Waals surface area contributed by atoms with Gasteiger partial charge in [0.2, 0.25) is 0 Å². The topological polar surface area (TPSA) is 41.6 Å². The summed E-state index contributed by atoms with van der Waals surface area (Å²) >= 11 is 0. The Balaban J connectivity index is 2.28. The van der Waals surface area contributed by atoms with Crippen molar-refractivity contribution in [1.29, 1.82) is 0 Å². The Kier molecular flexibility index (Phi) is 6.11. The zero-order chi connectivity index (χ0) is 11.8. The molecule has 1 N–H and O–H groups in total. The first-order valence-electron chi connectivity index (χ1n) is 6.06. The molecule has 0 amide bonds. The summed E-state index contributed by atoms with van der Waals surface area (Å²) in [6.07, 6.45) is 4.56. The van der Waals surface area contributed by atoms with Crippen LogP contribution in [-0.4, -0.2) is 49.7 Å². The van der Waals surface area contributed by atoms with Crippen LogP contribution >= 0.6 is 0 Å². The van der Waals surface area contributed by atoms with E-state index in [1.165, 1.54) is 6.08 Å². The molecule has 1 heterocycles. The quantitative estimate of drug-likeness (QED) is 0.515. The van der Waals surface area contributed by atoms with Crippen LogP contribution < -0.4 is 5.32 Å². The lowest BCUT2D eigenvalue weighted by Gasteiger charge is -2.37. The van der Waals surface area contributed by atoms with Gasteiger partial charge in [0.15, 0.2) is 0 Å². The zero-order valence-corrected chi connectivity index (χ0v) is 10.2. The van der Waals surface area contributed by atoms with Gasteiger partial charge in [-0.25, -0.2) is 4.79 Å². The number of ether oxygens (including phenoxy) is 1. The van der Waals surface area contributed by atoms with Crippen molar-refractivity contribution in [2.45, 2.75) is 26.3 Å². The number of carbonyl (C=O) groups excluding carboxylic acids is 1. The molecule has 0 aromatic heterocycles. The molecule has 0 aromatic carbocycles. The average Bonchev–Trinajstić information content (AvgIpc) is 2.15. The van der Waals surface area contributed by atoms with E-state index in [0.29, 0.717) is 12.6 Å². The van der Waals surface area contributed by atoms with Crippen molar-refractivity contribution < 1.29 is 9.53 Å². The molecular formula is C12H22N2O2. The van der Waals surface area contributed by atoms with E-state index in [0.717, 1.165) is 32.6 Å². The summed E-state index contributed by atoms with van der Waals surface area (Å²) in [5.41, 5.74) is 0. The van der Waals surface area contributed by atoms with Gasteiger partial charge in [0.05, 0.1) is 6.61 Å². The highest BCUT2D eigenvalue weighted by molar-refractivity contribution is 5.81. The third kappa shape index (κ3) is 4.33. The van der Waals surface area contributed by atoms with Crippen molar-refractivity contribution in [3.8, 4) is 0 Å². The van der Waals surface area contributed by atoms with E-state index in [4.69, 9.17) is 4.74 Å². The van der Waals surface area contributed by atoms with E-state index in [2.05, 4.69) is 17.1 Å². The minimum atomic E-state index is -0.245. The fraction of sp³-hybridized carbons (Fsp3) is 0.750. The molecule has 0 radical (unpaired) electrons. The van der Waals surface area contributed by atoms with Gasteiger partial charge in [0.25, 0.3) is 0 Å². The normalized spacial score (nSPS) is 16.7. The van der Waals surface area contributed by atoms with Gasteiger partial charge in [0.1, 0.15) is 0 Å². The van der Waals surface area contributed by atoms with Crippen LogP contribution in [0.15, 0.2) is 12.2 Å². The number of esters is 1. The number of carbonyl (C=O) groups is 1. The van der Waals surface area contributed by atoms with E-state index in [9.17, 15) is 4.79 Å². The molecule has 1 saturated heterocycles. The van der Waals surface area contributed by atoms with Gasteiger partial charge in [-0.3, -0.25) is 4.90 Å². The molecule has 16 heavy (non-hydrogen) atoms. The van der Waals surface area contributed by atoms with Gasteiger partial charge in [0, 0.05) is 31.8 Å². The van der Waals surface area contributed by atoms with Crippen LogP contribution in [0.5, 0.6) is 0 Å². The van der Waals surface area contributed by atoms with Gasteiger partial charge in [-0.2, -0.15) is 0 Å². The van der Waals surface area contributed by atoms with Crippen molar-refractivity contribution in [3.63, 3.8) is 0 Å². The first-order chi connectivity index (χ1) is 7.77.